The molecule has 1 unspecified atom stereocenters. The predicted octanol–water partition coefficient (Wildman–Crippen LogP) is 2.67. The van der Waals surface area contributed by atoms with E-state index in [1.807, 2.05) is 6.92 Å². The summed E-state index contributed by atoms with van der Waals surface area (Å²) < 4.78 is 5.75. The Hall–Kier alpha value is -1.56. The van der Waals surface area contributed by atoms with Gasteiger partial charge in [0.1, 0.15) is 11.8 Å². The summed E-state index contributed by atoms with van der Waals surface area (Å²) in [5.41, 5.74) is 0. The fourth-order valence-corrected chi connectivity index (χ4v) is 1.78. The van der Waals surface area contributed by atoms with Crippen LogP contribution < -0.4 is 5.32 Å². The van der Waals surface area contributed by atoms with Gasteiger partial charge < -0.3 is 14.8 Å². The van der Waals surface area contributed by atoms with Gasteiger partial charge in [0.25, 0.3) is 0 Å². The third-order valence-electron chi connectivity index (χ3n) is 2.77. The molecule has 0 radical (unpaired) electrons. The number of amides is 1. The normalized spacial score (nSPS) is 14.3. The van der Waals surface area contributed by atoms with Crippen molar-refractivity contribution in [1.29, 1.82) is 0 Å². The minimum Gasteiger partial charge on any atom is -0.480 e. The molecule has 19 heavy (non-hydrogen) atoms. The van der Waals surface area contributed by atoms with Crippen LogP contribution in [0.25, 0.3) is 6.08 Å². The van der Waals surface area contributed by atoms with E-state index in [4.69, 9.17) is 9.52 Å². The molecule has 0 aliphatic heterocycles. The van der Waals surface area contributed by atoms with Crippen molar-refractivity contribution in [2.24, 2.45) is 5.92 Å². The van der Waals surface area contributed by atoms with Gasteiger partial charge in [-0.2, -0.15) is 0 Å². The van der Waals surface area contributed by atoms with Crippen LogP contribution >= 0.6 is 15.9 Å². The number of rotatable bonds is 6. The van der Waals surface area contributed by atoms with E-state index in [1.54, 1.807) is 19.1 Å². The van der Waals surface area contributed by atoms with E-state index in [2.05, 4.69) is 21.2 Å². The van der Waals surface area contributed by atoms with Gasteiger partial charge in [0, 0.05) is 6.08 Å². The lowest BCUT2D eigenvalue weighted by molar-refractivity contribution is -0.142. The van der Waals surface area contributed by atoms with Crippen molar-refractivity contribution >= 4 is 33.9 Å². The molecule has 0 spiro atoms. The molecule has 1 rings (SSSR count). The van der Waals surface area contributed by atoms with Crippen LogP contribution in [0.1, 0.15) is 26.0 Å². The van der Waals surface area contributed by atoms with E-state index >= 15 is 0 Å². The fourth-order valence-electron chi connectivity index (χ4n) is 1.46. The molecular formula is C13H16BrNO4. The molecule has 1 amide bonds. The molecule has 0 bridgehead atoms. The van der Waals surface area contributed by atoms with Gasteiger partial charge in [0.15, 0.2) is 4.67 Å². The highest BCUT2D eigenvalue weighted by molar-refractivity contribution is 9.10. The topological polar surface area (TPSA) is 79.5 Å². The average molecular weight is 330 g/mol. The summed E-state index contributed by atoms with van der Waals surface area (Å²) in [7, 11) is 0. The van der Waals surface area contributed by atoms with Crippen LogP contribution in [-0.4, -0.2) is 23.0 Å². The van der Waals surface area contributed by atoms with Crippen molar-refractivity contribution < 1.29 is 19.1 Å². The second-order valence-electron chi connectivity index (χ2n) is 4.19. The van der Waals surface area contributed by atoms with Crippen LogP contribution in [0.3, 0.4) is 0 Å². The maximum atomic E-state index is 11.6. The Balaban J connectivity index is 2.62. The van der Waals surface area contributed by atoms with E-state index in [0.717, 1.165) is 0 Å². The Bertz CT molecular complexity index is 481. The third kappa shape index (κ3) is 4.90. The first kappa shape index (κ1) is 15.5. The van der Waals surface area contributed by atoms with Crippen molar-refractivity contribution in [2.75, 3.05) is 0 Å². The van der Waals surface area contributed by atoms with Crippen LogP contribution in [0.15, 0.2) is 27.3 Å². The zero-order valence-electron chi connectivity index (χ0n) is 10.7. The molecule has 5 nitrogen and oxygen atoms in total. The Labute approximate surface area is 119 Å². The number of furan rings is 1. The minimum atomic E-state index is -1.03. The lowest BCUT2D eigenvalue weighted by Crippen LogP contribution is -2.44. The molecule has 0 aliphatic rings. The molecular weight excluding hydrogens is 314 g/mol. The summed E-state index contributed by atoms with van der Waals surface area (Å²) in [6.07, 6.45) is 3.41. The van der Waals surface area contributed by atoms with Gasteiger partial charge >= 0.3 is 5.97 Å². The molecule has 2 N–H and O–H groups in total. The number of carbonyl (C=O) groups is 2. The standard InChI is InChI=1S/C13H16BrNO4/c1-3-8(2)12(13(17)18)15-11(16)7-5-9-4-6-10(14)19-9/h4-8,12H,3H2,1-2H3,(H,15,16)(H,17,18)/t8?,12-/m0/s1. The number of carboxylic acid groups (broad SMARTS) is 1. The Morgan fingerprint density at radius 1 is 1.53 bits per heavy atom. The van der Waals surface area contributed by atoms with Gasteiger partial charge in [-0.1, -0.05) is 20.3 Å². The molecule has 0 fully saturated rings. The van der Waals surface area contributed by atoms with Crippen LogP contribution in [-0.2, 0) is 9.59 Å². The van der Waals surface area contributed by atoms with E-state index in [9.17, 15) is 9.59 Å². The van der Waals surface area contributed by atoms with Crippen LogP contribution in [0.2, 0.25) is 0 Å². The quantitative estimate of drug-likeness (QED) is 0.786. The second-order valence-corrected chi connectivity index (χ2v) is 4.97. The first-order valence-corrected chi connectivity index (χ1v) is 6.70. The summed E-state index contributed by atoms with van der Waals surface area (Å²) in [4.78, 5) is 22.7. The van der Waals surface area contributed by atoms with E-state index in [-0.39, 0.29) is 5.92 Å². The van der Waals surface area contributed by atoms with Crippen molar-refractivity contribution in [2.45, 2.75) is 26.3 Å². The molecule has 0 saturated heterocycles. The summed E-state index contributed by atoms with van der Waals surface area (Å²) in [5, 5.41) is 11.5. The lowest BCUT2D eigenvalue weighted by atomic mass is 9.99. The maximum Gasteiger partial charge on any atom is 0.326 e. The fraction of sp³-hybridized carbons (Fsp3) is 0.385. The lowest BCUT2D eigenvalue weighted by Gasteiger charge is -2.19. The third-order valence-corrected chi connectivity index (χ3v) is 3.20. The largest absolute Gasteiger partial charge is 0.480 e. The number of carbonyl (C=O) groups excluding carboxylic acids is 1. The van der Waals surface area contributed by atoms with Gasteiger partial charge in [-0.15, -0.1) is 0 Å². The van der Waals surface area contributed by atoms with Gasteiger partial charge in [0.2, 0.25) is 5.91 Å². The van der Waals surface area contributed by atoms with E-state index < -0.39 is 17.9 Å². The van der Waals surface area contributed by atoms with Gasteiger partial charge in [-0.25, -0.2) is 4.79 Å². The molecule has 2 atom stereocenters. The van der Waals surface area contributed by atoms with Crippen molar-refractivity contribution in [3.05, 3.63) is 28.6 Å². The van der Waals surface area contributed by atoms with Crippen LogP contribution in [0.5, 0.6) is 0 Å². The molecule has 0 aliphatic carbocycles. The first-order valence-electron chi connectivity index (χ1n) is 5.90. The molecule has 0 saturated carbocycles. The molecule has 6 heteroatoms. The number of nitrogens with one attached hydrogen (secondary N) is 1. The van der Waals surface area contributed by atoms with E-state index in [0.29, 0.717) is 16.9 Å². The predicted molar refractivity (Wildman–Crippen MR) is 74.5 cm³/mol. The average Bonchev–Trinajstić information content (AvgIpc) is 2.78. The number of aliphatic carboxylic acids is 1. The Morgan fingerprint density at radius 2 is 2.21 bits per heavy atom. The monoisotopic (exact) mass is 329 g/mol. The summed E-state index contributed by atoms with van der Waals surface area (Å²) in [6.45, 7) is 3.66. The summed E-state index contributed by atoms with van der Waals surface area (Å²) in [5.74, 6) is -1.11. The molecule has 1 aromatic heterocycles. The van der Waals surface area contributed by atoms with Gasteiger partial charge in [0.05, 0.1) is 0 Å². The van der Waals surface area contributed by atoms with Crippen molar-refractivity contribution in [3.63, 3.8) is 0 Å². The zero-order valence-corrected chi connectivity index (χ0v) is 12.3. The van der Waals surface area contributed by atoms with Crippen LogP contribution in [0.4, 0.5) is 0 Å². The Kier molecular flexibility index (Phi) is 5.82. The molecule has 1 aromatic rings. The number of hydrogen-bond acceptors (Lipinski definition) is 3. The summed E-state index contributed by atoms with van der Waals surface area (Å²) in [6, 6.07) is 2.51. The van der Waals surface area contributed by atoms with Gasteiger partial charge in [-0.05, 0) is 40.1 Å². The highest BCUT2D eigenvalue weighted by Crippen LogP contribution is 2.15. The van der Waals surface area contributed by atoms with Gasteiger partial charge in [-0.3, -0.25) is 4.79 Å². The maximum absolute atomic E-state index is 11.6. The second kappa shape index (κ2) is 7.13. The van der Waals surface area contributed by atoms with Crippen LogP contribution in [0, 0.1) is 5.92 Å². The molecule has 1 heterocycles. The van der Waals surface area contributed by atoms with Crippen molar-refractivity contribution in [1.82, 2.24) is 5.32 Å². The smallest absolute Gasteiger partial charge is 0.326 e. The van der Waals surface area contributed by atoms with E-state index in [1.165, 1.54) is 12.2 Å². The molecule has 0 aromatic carbocycles. The Morgan fingerprint density at radius 3 is 2.68 bits per heavy atom. The summed E-state index contributed by atoms with van der Waals surface area (Å²) >= 11 is 3.15. The SMILES string of the molecule is CCC(C)[C@H](NC(=O)C=Cc1ccc(Br)o1)C(=O)O. The first-order chi connectivity index (χ1) is 8.93. The van der Waals surface area contributed by atoms with Crippen molar-refractivity contribution in [3.8, 4) is 0 Å². The molecule has 104 valence electrons. The zero-order chi connectivity index (χ0) is 14.4. The number of carboxylic acids is 1. The minimum absolute atomic E-state index is 0.132. The highest BCUT2D eigenvalue weighted by atomic mass is 79.9. The number of halogens is 1. The number of hydrogen-bond donors (Lipinski definition) is 2. The highest BCUT2D eigenvalue weighted by Gasteiger charge is 2.24.